The maximum absolute atomic E-state index is 13.0. The molecule has 0 aromatic carbocycles. The number of carbonyl (C=O) groups is 1. The smallest absolute Gasteiger partial charge is 0.346 e. The minimum absolute atomic E-state index is 0.287. The Balaban J connectivity index is 3.16. The van der Waals surface area contributed by atoms with Crippen molar-refractivity contribution in [2.75, 3.05) is 5.32 Å². The van der Waals surface area contributed by atoms with Crippen LogP contribution in [0.25, 0.3) is 0 Å². The van der Waals surface area contributed by atoms with Crippen LogP contribution in [0.2, 0.25) is 0 Å². The zero-order valence-electron chi connectivity index (χ0n) is 11.7. The molecular formula is C11H9ClF6N4O2. The average Bonchev–Trinajstić information content (AvgIpc) is 2.41. The maximum atomic E-state index is 13.0. The molecule has 134 valence electrons. The minimum atomic E-state index is -6.09. The van der Waals surface area contributed by atoms with Gasteiger partial charge in [-0.25, -0.2) is 9.78 Å². The number of hydrogen-bond acceptors (Lipinski definition) is 4. The molecule has 6 nitrogen and oxygen atoms in total. The van der Waals surface area contributed by atoms with Gasteiger partial charge in [-0.15, -0.1) is 0 Å². The highest BCUT2D eigenvalue weighted by Gasteiger charge is 2.76. The Hall–Kier alpha value is -2.24. The first kappa shape index (κ1) is 19.8. The van der Waals surface area contributed by atoms with Crippen LogP contribution in [-0.2, 0) is 4.84 Å². The first-order chi connectivity index (χ1) is 10.9. The largest absolute Gasteiger partial charge is 0.461 e. The number of hydrogen-bond donors (Lipinski definition) is 2. The highest BCUT2D eigenvalue weighted by molar-refractivity contribution is 6.64. The predicted molar refractivity (Wildman–Crippen MR) is 71.3 cm³/mol. The molecule has 1 rings (SSSR count). The van der Waals surface area contributed by atoms with E-state index in [1.807, 2.05) is 0 Å². The van der Waals surface area contributed by atoms with Crippen LogP contribution >= 0.6 is 11.6 Å². The topological polar surface area (TPSA) is 75.6 Å². The number of rotatable bonds is 4. The molecule has 0 unspecified atom stereocenters. The summed E-state index contributed by atoms with van der Waals surface area (Å²) in [6.45, 7) is 0.882. The number of amides is 2. The van der Waals surface area contributed by atoms with Gasteiger partial charge < -0.3 is 4.84 Å². The Bertz CT molecular complexity index is 587. The van der Waals surface area contributed by atoms with E-state index in [0.717, 1.165) is 19.2 Å². The van der Waals surface area contributed by atoms with Gasteiger partial charge in [0.2, 0.25) is 0 Å². The molecule has 0 saturated carbocycles. The molecule has 0 aliphatic heterocycles. The van der Waals surface area contributed by atoms with Crippen LogP contribution < -0.4 is 10.6 Å². The summed E-state index contributed by atoms with van der Waals surface area (Å²) in [6.07, 6.45) is -11.0. The van der Waals surface area contributed by atoms with E-state index in [1.54, 1.807) is 5.32 Å². The van der Waals surface area contributed by atoms with E-state index < -0.39 is 29.3 Å². The van der Waals surface area contributed by atoms with Crippen LogP contribution in [0, 0.1) is 0 Å². The number of anilines is 1. The summed E-state index contributed by atoms with van der Waals surface area (Å²) in [5.41, 5.74) is -5.10. The molecule has 1 aromatic heterocycles. The number of oxime groups is 1. The molecule has 0 bridgehead atoms. The standard InChI is InChI=1S/C11H9ClF6N4O2/c1-6(12)22-24-9(10(13,14)15,11(16,17)18)21-8(23)20-7-4-2-3-5-19-7/h2-5H,1H3,(H2,19,20,21,23)/b22-6-. The molecule has 0 atom stereocenters. The lowest BCUT2D eigenvalue weighted by Gasteiger charge is -2.34. The zero-order chi connectivity index (χ0) is 18.6. The van der Waals surface area contributed by atoms with Crippen LogP contribution in [0.4, 0.5) is 37.0 Å². The molecule has 2 amide bonds. The van der Waals surface area contributed by atoms with E-state index in [1.165, 1.54) is 12.1 Å². The van der Waals surface area contributed by atoms with Crippen LogP contribution in [0.15, 0.2) is 29.6 Å². The van der Waals surface area contributed by atoms with Crippen molar-refractivity contribution in [3.8, 4) is 0 Å². The van der Waals surface area contributed by atoms with Crippen molar-refractivity contribution in [3.63, 3.8) is 0 Å². The molecule has 1 aromatic rings. The summed E-state index contributed by atoms with van der Waals surface area (Å²) in [5.74, 6) is -0.287. The van der Waals surface area contributed by atoms with Gasteiger partial charge in [0, 0.05) is 6.20 Å². The van der Waals surface area contributed by atoms with Gasteiger partial charge in [0.1, 0.15) is 11.0 Å². The minimum Gasteiger partial charge on any atom is -0.346 e. The van der Waals surface area contributed by atoms with Gasteiger partial charge in [0.05, 0.1) is 0 Å². The SMILES string of the molecule is C/C(Cl)=N/OC(NC(=O)Nc1ccccn1)(C(F)(F)F)C(F)(F)F. The second-order valence-electron chi connectivity index (χ2n) is 4.15. The fourth-order valence-electron chi connectivity index (χ4n) is 1.30. The summed E-state index contributed by atoms with van der Waals surface area (Å²) < 4.78 is 78.0. The van der Waals surface area contributed by atoms with Gasteiger partial charge in [-0.1, -0.05) is 22.8 Å². The van der Waals surface area contributed by atoms with Gasteiger partial charge in [-0.3, -0.25) is 10.6 Å². The highest BCUT2D eigenvalue weighted by atomic mass is 35.5. The Labute approximate surface area is 135 Å². The third kappa shape index (κ3) is 4.63. The summed E-state index contributed by atoms with van der Waals surface area (Å²) in [6, 6.07) is 2.04. The van der Waals surface area contributed by atoms with Crippen molar-refractivity contribution >= 4 is 28.6 Å². The van der Waals surface area contributed by atoms with Crippen molar-refractivity contribution in [2.45, 2.75) is 25.0 Å². The van der Waals surface area contributed by atoms with Crippen molar-refractivity contribution in [1.29, 1.82) is 0 Å². The number of urea groups is 1. The second-order valence-corrected chi connectivity index (χ2v) is 4.70. The molecule has 0 spiro atoms. The summed E-state index contributed by atoms with van der Waals surface area (Å²) in [4.78, 5) is 18.6. The molecule has 2 N–H and O–H groups in total. The van der Waals surface area contributed by atoms with Gasteiger partial charge in [0.15, 0.2) is 0 Å². The predicted octanol–water partition coefficient (Wildman–Crippen LogP) is 3.61. The lowest BCUT2D eigenvalue weighted by Crippen LogP contribution is -2.69. The van der Waals surface area contributed by atoms with Crippen LogP contribution in [-0.4, -0.2) is 34.3 Å². The molecule has 0 fully saturated rings. The lowest BCUT2D eigenvalue weighted by molar-refractivity contribution is -0.388. The second kappa shape index (κ2) is 7.11. The molecule has 13 heteroatoms. The van der Waals surface area contributed by atoms with Crippen molar-refractivity contribution < 1.29 is 36.0 Å². The summed E-state index contributed by atoms with van der Waals surface area (Å²) >= 11 is 5.10. The molecule has 1 heterocycles. The maximum Gasteiger partial charge on any atom is 0.461 e. The van der Waals surface area contributed by atoms with E-state index >= 15 is 0 Å². The van der Waals surface area contributed by atoms with E-state index in [4.69, 9.17) is 11.6 Å². The molecule has 24 heavy (non-hydrogen) atoms. The van der Waals surface area contributed by atoms with Crippen LogP contribution in [0.5, 0.6) is 0 Å². The van der Waals surface area contributed by atoms with E-state index in [0.29, 0.717) is 5.32 Å². The highest BCUT2D eigenvalue weighted by Crippen LogP contribution is 2.44. The van der Waals surface area contributed by atoms with Gasteiger partial charge in [-0.05, 0) is 19.1 Å². The van der Waals surface area contributed by atoms with Crippen molar-refractivity contribution in [1.82, 2.24) is 10.3 Å². The quantitative estimate of drug-likeness (QED) is 0.364. The number of alkyl halides is 6. The van der Waals surface area contributed by atoms with E-state index in [9.17, 15) is 31.1 Å². The Morgan fingerprint density at radius 3 is 2.21 bits per heavy atom. The zero-order valence-corrected chi connectivity index (χ0v) is 12.4. The molecule has 0 aliphatic carbocycles. The van der Waals surface area contributed by atoms with E-state index in [2.05, 4.69) is 15.0 Å². The van der Waals surface area contributed by atoms with Crippen LogP contribution in [0.3, 0.4) is 0 Å². The average molecular weight is 379 g/mol. The Morgan fingerprint density at radius 2 is 1.79 bits per heavy atom. The fraction of sp³-hybridized carbons (Fsp3) is 0.364. The Kier molecular flexibility index (Phi) is 5.87. The van der Waals surface area contributed by atoms with Crippen LogP contribution in [0.1, 0.15) is 6.92 Å². The van der Waals surface area contributed by atoms with Gasteiger partial charge in [0.25, 0.3) is 0 Å². The van der Waals surface area contributed by atoms with Crippen molar-refractivity contribution in [3.05, 3.63) is 24.4 Å². The molecule has 0 radical (unpaired) electrons. The first-order valence-corrected chi connectivity index (χ1v) is 6.29. The fourth-order valence-corrected chi connectivity index (χ4v) is 1.34. The number of carbonyl (C=O) groups excluding carboxylic acids is 1. The molecule has 0 saturated heterocycles. The third-order valence-electron chi connectivity index (χ3n) is 2.30. The number of nitrogens with one attached hydrogen (secondary N) is 2. The number of halogens is 7. The van der Waals surface area contributed by atoms with Gasteiger partial charge in [-0.2, -0.15) is 26.3 Å². The summed E-state index contributed by atoms with van der Waals surface area (Å²) in [7, 11) is 0. The third-order valence-corrected chi connectivity index (χ3v) is 2.37. The first-order valence-electron chi connectivity index (χ1n) is 5.91. The van der Waals surface area contributed by atoms with Crippen molar-refractivity contribution in [2.24, 2.45) is 5.16 Å². The normalized spacial score (nSPS) is 13.4. The number of nitrogens with zero attached hydrogens (tertiary/aromatic N) is 2. The molecular weight excluding hydrogens is 370 g/mol. The summed E-state index contributed by atoms with van der Waals surface area (Å²) in [5, 5.41) is 4.12. The Morgan fingerprint density at radius 1 is 1.21 bits per heavy atom. The lowest BCUT2D eigenvalue weighted by atomic mass is 10.2. The van der Waals surface area contributed by atoms with Gasteiger partial charge >= 0.3 is 24.1 Å². The number of pyridine rings is 1. The molecule has 0 aliphatic rings. The monoisotopic (exact) mass is 378 g/mol. The van der Waals surface area contributed by atoms with E-state index in [-0.39, 0.29) is 5.82 Å². The number of aromatic nitrogens is 1.